The lowest BCUT2D eigenvalue weighted by Crippen LogP contribution is -1.97. The van der Waals surface area contributed by atoms with E-state index in [2.05, 4.69) is 13.0 Å². The maximum Gasteiger partial charge on any atom is 0.166 e. The van der Waals surface area contributed by atoms with E-state index in [1.165, 1.54) is 0 Å². The van der Waals surface area contributed by atoms with Crippen molar-refractivity contribution >= 4 is 10.8 Å². The zero-order valence-corrected chi connectivity index (χ0v) is 14.2. The van der Waals surface area contributed by atoms with E-state index in [4.69, 9.17) is 5.26 Å². The molecule has 0 fully saturated rings. The van der Waals surface area contributed by atoms with Gasteiger partial charge in [-0.3, -0.25) is 0 Å². The Morgan fingerprint density at radius 2 is 1.64 bits per heavy atom. The van der Waals surface area contributed by atoms with Gasteiger partial charge in [0.05, 0.1) is 11.6 Å². The summed E-state index contributed by atoms with van der Waals surface area (Å²) in [6.07, 6.45) is 3.49. The molecule has 0 aromatic heterocycles. The van der Waals surface area contributed by atoms with Crippen molar-refractivity contribution in [1.29, 1.82) is 5.26 Å². The Labute approximate surface area is 146 Å². The number of rotatable bonds is 5. The van der Waals surface area contributed by atoms with Gasteiger partial charge in [0.25, 0.3) is 0 Å². The molecule has 0 aliphatic carbocycles. The fourth-order valence-electron chi connectivity index (χ4n) is 3.05. The highest BCUT2D eigenvalue weighted by atomic mass is 19.2. The Morgan fingerprint density at radius 1 is 0.880 bits per heavy atom. The normalized spacial score (nSPS) is 10.8. The number of halogens is 2. The molecule has 0 radical (unpaired) electrons. The quantitative estimate of drug-likeness (QED) is 0.496. The lowest BCUT2D eigenvalue weighted by molar-refractivity contribution is 0.498. The topological polar surface area (TPSA) is 23.8 Å². The molecule has 0 atom stereocenters. The number of unbranched alkanes of at least 4 members (excludes halogenated alkanes) is 2. The van der Waals surface area contributed by atoms with Crippen LogP contribution >= 0.6 is 0 Å². The minimum absolute atomic E-state index is 0.267. The Bertz CT molecular complexity index is 954. The third-order valence-electron chi connectivity index (χ3n) is 4.49. The van der Waals surface area contributed by atoms with Crippen molar-refractivity contribution < 1.29 is 8.78 Å². The Kier molecular flexibility index (Phi) is 5.09. The van der Waals surface area contributed by atoms with Gasteiger partial charge in [-0.25, -0.2) is 8.78 Å². The molecule has 25 heavy (non-hydrogen) atoms. The highest BCUT2D eigenvalue weighted by molar-refractivity contribution is 5.88. The molecule has 3 aromatic rings. The monoisotopic (exact) mass is 335 g/mol. The minimum atomic E-state index is -0.790. The van der Waals surface area contributed by atoms with Crippen LogP contribution in [-0.2, 0) is 6.42 Å². The lowest BCUT2D eigenvalue weighted by atomic mass is 9.97. The number of hydrogen-bond donors (Lipinski definition) is 0. The number of aryl methyl sites for hydroxylation is 1. The van der Waals surface area contributed by atoms with Crippen LogP contribution in [0, 0.1) is 23.0 Å². The molecular weight excluding hydrogens is 316 g/mol. The summed E-state index contributed by atoms with van der Waals surface area (Å²) in [5.41, 5.74) is 1.92. The first kappa shape index (κ1) is 17.1. The standard InChI is InChI=1S/C22H19F2N/c1-2-3-4-5-16-10-11-20(22(24)21(16)23)19-9-8-17-12-15(14-25)6-7-18(17)13-19/h6-13H,2-5H2,1H3. The largest absolute Gasteiger partial charge is 0.203 e. The summed E-state index contributed by atoms with van der Waals surface area (Å²) in [6.45, 7) is 2.08. The molecule has 3 rings (SSSR count). The Balaban J connectivity index is 1.97. The van der Waals surface area contributed by atoms with Gasteiger partial charge < -0.3 is 0 Å². The predicted molar refractivity (Wildman–Crippen MR) is 97.2 cm³/mol. The number of benzene rings is 3. The summed E-state index contributed by atoms with van der Waals surface area (Å²) in [6, 6.07) is 16.2. The van der Waals surface area contributed by atoms with Crippen LogP contribution in [0.4, 0.5) is 8.78 Å². The van der Waals surface area contributed by atoms with Crippen LogP contribution in [0.5, 0.6) is 0 Å². The Hall–Kier alpha value is -2.73. The molecule has 0 heterocycles. The van der Waals surface area contributed by atoms with Gasteiger partial charge in [0.15, 0.2) is 11.6 Å². The second kappa shape index (κ2) is 7.44. The highest BCUT2D eigenvalue weighted by Crippen LogP contribution is 2.30. The van der Waals surface area contributed by atoms with Gasteiger partial charge in [-0.15, -0.1) is 0 Å². The molecule has 0 unspecified atom stereocenters. The maximum atomic E-state index is 14.6. The van der Waals surface area contributed by atoms with Crippen molar-refractivity contribution in [3.05, 3.63) is 71.3 Å². The average Bonchev–Trinajstić information content (AvgIpc) is 2.64. The zero-order chi connectivity index (χ0) is 17.8. The molecule has 3 heteroatoms. The summed E-state index contributed by atoms with van der Waals surface area (Å²) < 4.78 is 28.9. The molecule has 0 N–H and O–H groups in total. The number of nitriles is 1. The third-order valence-corrected chi connectivity index (χ3v) is 4.49. The zero-order valence-electron chi connectivity index (χ0n) is 14.2. The first-order chi connectivity index (χ1) is 12.1. The van der Waals surface area contributed by atoms with Crippen molar-refractivity contribution in [2.24, 2.45) is 0 Å². The van der Waals surface area contributed by atoms with E-state index in [1.54, 1.807) is 30.3 Å². The van der Waals surface area contributed by atoms with Gasteiger partial charge in [-0.1, -0.05) is 50.1 Å². The number of fused-ring (bicyclic) bond motifs is 1. The van der Waals surface area contributed by atoms with Crippen molar-refractivity contribution in [2.75, 3.05) is 0 Å². The van der Waals surface area contributed by atoms with E-state index in [0.717, 1.165) is 30.0 Å². The van der Waals surface area contributed by atoms with Crippen LogP contribution in [0.2, 0.25) is 0 Å². The van der Waals surface area contributed by atoms with Crippen LogP contribution in [0.25, 0.3) is 21.9 Å². The van der Waals surface area contributed by atoms with Crippen LogP contribution in [-0.4, -0.2) is 0 Å². The third kappa shape index (κ3) is 3.53. The lowest BCUT2D eigenvalue weighted by Gasteiger charge is -2.10. The van der Waals surface area contributed by atoms with Gasteiger partial charge in [-0.2, -0.15) is 5.26 Å². The van der Waals surface area contributed by atoms with Gasteiger partial charge >= 0.3 is 0 Å². The van der Waals surface area contributed by atoms with Gasteiger partial charge in [0, 0.05) is 5.56 Å². The molecule has 0 aliphatic heterocycles. The SMILES string of the molecule is CCCCCc1ccc(-c2ccc3cc(C#N)ccc3c2)c(F)c1F. The minimum Gasteiger partial charge on any atom is -0.203 e. The molecule has 3 aromatic carbocycles. The molecule has 0 bridgehead atoms. The molecule has 0 amide bonds. The average molecular weight is 335 g/mol. The summed E-state index contributed by atoms with van der Waals surface area (Å²) in [7, 11) is 0. The fourth-order valence-corrected chi connectivity index (χ4v) is 3.05. The highest BCUT2D eigenvalue weighted by Gasteiger charge is 2.14. The first-order valence-electron chi connectivity index (χ1n) is 8.55. The van der Waals surface area contributed by atoms with E-state index >= 15 is 0 Å². The number of hydrogen-bond acceptors (Lipinski definition) is 1. The van der Waals surface area contributed by atoms with Crippen LogP contribution in [0.15, 0.2) is 48.5 Å². The van der Waals surface area contributed by atoms with Crippen LogP contribution < -0.4 is 0 Å². The fraction of sp³-hybridized carbons (Fsp3) is 0.227. The number of nitrogens with zero attached hydrogens (tertiary/aromatic N) is 1. The predicted octanol–water partition coefficient (Wildman–Crippen LogP) is 6.39. The second-order valence-electron chi connectivity index (χ2n) is 6.25. The maximum absolute atomic E-state index is 14.6. The van der Waals surface area contributed by atoms with Crippen molar-refractivity contribution in [1.82, 2.24) is 0 Å². The summed E-state index contributed by atoms with van der Waals surface area (Å²) in [5.74, 6) is -1.53. The second-order valence-corrected chi connectivity index (χ2v) is 6.25. The first-order valence-corrected chi connectivity index (χ1v) is 8.55. The smallest absolute Gasteiger partial charge is 0.166 e. The molecule has 126 valence electrons. The van der Waals surface area contributed by atoms with Gasteiger partial charge in [0.2, 0.25) is 0 Å². The van der Waals surface area contributed by atoms with Crippen LogP contribution in [0.3, 0.4) is 0 Å². The van der Waals surface area contributed by atoms with Crippen molar-refractivity contribution in [3.8, 4) is 17.2 Å². The summed E-state index contributed by atoms with van der Waals surface area (Å²) in [5, 5.41) is 10.8. The van der Waals surface area contributed by atoms with Crippen LogP contribution in [0.1, 0.15) is 37.3 Å². The molecule has 0 saturated carbocycles. The van der Waals surface area contributed by atoms with Gasteiger partial charge in [0.1, 0.15) is 0 Å². The van der Waals surface area contributed by atoms with E-state index in [9.17, 15) is 8.78 Å². The molecule has 0 aliphatic rings. The molecule has 0 saturated heterocycles. The molecular formula is C22H19F2N. The van der Waals surface area contributed by atoms with Crippen molar-refractivity contribution in [3.63, 3.8) is 0 Å². The van der Waals surface area contributed by atoms with Gasteiger partial charge in [-0.05, 0) is 52.9 Å². The summed E-state index contributed by atoms with van der Waals surface area (Å²) >= 11 is 0. The van der Waals surface area contributed by atoms with E-state index in [0.29, 0.717) is 23.1 Å². The van der Waals surface area contributed by atoms with E-state index < -0.39 is 11.6 Å². The molecule has 0 spiro atoms. The van der Waals surface area contributed by atoms with E-state index in [-0.39, 0.29) is 5.56 Å². The molecule has 1 nitrogen and oxygen atoms in total. The van der Waals surface area contributed by atoms with E-state index in [1.807, 2.05) is 18.2 Å². The Morgan fingerprint density at radius 3 is 2.40 bits per heavy atom. The van der Waals surface area contributed by atoms with Crippen molar-refractivity contribution in [2.45, 2.75) is 32.6 Å². The summed E-state index contributed by atoms with van der Waals surface area (Å²) in [4.78, 5) is 0.